The molecule has 0 bridgehead atoms. The van der Waals surface area contributed by atoms with Crippen LogP contribution in [0.1, 0.15) is 40.1 Å². The first-order chi connectivity index (χ1) is 8.25. The molecule has 1 aliphatic rings. The summed E-state index contributed by atoms with van der Waals surface area (Å²) >= 11 is 9.47. The van der Waals surface area contributed by atoms with Crippen LogP contribution in [-0.2, 0) is 6.42 Å². The number of hydrogen-bond donors (Lipinski definition) is 1. The molecule has 1 nitrogen and oxygen atoms in total. The Labute approximate surface area is 114 Å². The molecule has 0 spiro atoms. The SMILES string of the molecule is NC(c1ccc(Cl)s1)C1CCCc2sccc21. The second-order valence-electron chi connectivity index (χ2n) is 4.47. The first-order valence-corrected chi connectivity index (χ1v) is 7.90. The average Bonchev–Trinajstić information content (AvgIpc) is 2.95. The molecule has 2 unspecified atom stereocenters. The molecule has 0 aliphatic heterocycles. The van der Waals surface area contributed by atoms with Gasteiger partial charge in [-0.15, -0.1) is 22.7 Å². The Kier molecular flexibility index (Phi) is 3.26. The zero-order valence-corrected chi connectivity index (χ0v) is 11.7. The van der Waals surface area contributed by atoms with Crippen LogP contribution in [0.5, 0.6) is 0 Å². The third-order valence-electron chi connectivity index (χ3n) is 3.45. The molecule has 0 saturated carbocycles. The quantitative estimate of drug-likeness (QED) is 0.857. The Hall–Kier alpha value is -0.350. The largest absolute Gasteiger partial charge is 0.323 e. The fourth-order valence-corrected chi connectivity index (χ4v) is 4.73. The minimum absolute atomic E-state index is 0.0983. The van der Waals surface area contributed by atoms with Crippen molar-refractivity contribution in [1.29, 1.82) is 0 Å². The monoisotopic (exact) mass is 283 g/mol. The molecular formula is C13H14ClNS2. The topological polar surface area (TPSA) is 26.0 Å². The number of halogens is 1. The van der Waals surface area contributed by atoms with Crippen LogP contribution in [0.4, 0.5) is 0 Å². The molecule has 2 aromatic rings. The zero-order chi connectivity index (χ0) is 11.8. The minimum atomic E-state index is 0.0983. The summed E-state index contributed by atoms with van der Waals surface area (Å²) in [6, 6.07) is 6.36. The molecule has 2 aromatic heterocycles. The number of aryl methyl sites for hydroxylation is 1. The second kappa shape index (κ2) is 4.73. The van der Waals surface area contributed by atoms with E-state index >= 15 is 0 Å². The number of rotatable bonds is 2. The highest BCUT2D eigenvalue weighted by molar-refractivity contribution is 7.16. The summed E-state index contributed by atoms with van der Waals surface area (Å²) in [5, 5.41) is 2.19. The van der Waals surface area contributed by atoms with Gasteiger partial charge in [0.25, 0.3) is 0 Å². The molecule has 0 amide bonds. The summed E-state index contributed by atoms with van der Waals surface area (Å²) in [7, 11) is 0. The van der Waals surface area contributed by atoms with Gasteiger partial charge >= 0.3 is 0 Å². The lowest BCUT2D eigenvalue weighted by Crippen LogP contribution is -2.21. The van der Waals surface area contributed by atoms with Crippen molar-refractivity contribution < 1.29 is 0 Å². The Morgan fingerprint density at radius 3 is 3.00 bits per heavy atom. The second-order valence-corrected chi connectivity index (χ2v) is 7.21. The maximum atomic E-state index is 6.41. The van der Waals surface area contributed by atoms with Crippen molar-refractivity contribution in [2.24, 2.45) is 5.73 Å². The van der Waals surface area contributed by atoms with Gasteiger partial charge < -0.3 is 5.73 Å². The van der Waals surface area contributed by atoms with Gasteiger partial charge in [0.2, 0.25) is 0 Å². The van der Waals surface area contributed by atoms with E-state index in [2.05, 4.69) is 17.5 Å². The number of hydrogen-bond acceptors (Lipinski definition) is 3. The van der Waals surface area contributed by atoms with Crippen molar-refractivity contribution in [2.45, 2.75) is 31.2 Å². The lowest BCUT2D eigenvalue weighted by atomic mass is 9.82. The van der Waals surface area contributed by atoms with Gasteiger partial charge in [0.1, 0.15) is 0 Å². The van der Waals surface area contributed by atoms with E-state index in [1.54, 1.807) is 11.3 Å². The average molecular weight is 284 g/mol. The molecule has 2 N–H and O–H groups in total. The molecule has 0 aromatic carbocycles. The van der Waals surface area contributed by atoms with Crippen LogP contribution in [0.3, 0.4) is 0 Å². The third-order valence-corrected chi connectivity index (χ3v) is 5.78. The lowest BCUT2D eigenvalue weighted by molar-refractivity contribution is 0.484. The highest BCUT2D eigenvalue weighted by atomic mass is 35.5. The van der Waals surface area contributed by atoms with E-state index in [4.69, 9.17) is 17.3 Å². The van der Waals surface area contributed by atoms with Gasteiger partial charge in [-0.1, -0.05) is 11.6 Å². The molecule has 3 rings (SSSR count). The Bertz CT molecular complexity index is 517. The number of fused-ring (bicyclic) bond motifs is 1. The van der Waals surface area contributed by atoms with Crippen LogP contribution in [0, 0.1) is 0 Å². The molecule has 0 saturated heterocycles. The van der Waals surface area contributed by atoms with Crippen molar-refractivity contribution in [2.75, 3.05) is 0 Å². The molecule has 0 radical (unpaired) electrons. The third kappa shape index (κ3) is 2.17. The van der Waals surface area contributed by atoms with Crippen molar-refractivity contribution >= 4 is 34.3 Å². The van der Waals surface area contributed by atoms with Gasteiger partial charge in [-0.2, -0.15) is 0 Å². The van der Waals surface area contributed by atoms with Crippen LogP contribution in [0.15, 0.2) is 23.6 Å². The van der Waals surface area contributed by atoms with Gasteiger partial charge in [0, 0.05) is 21.7 Å². The highest BCUT2D eigenvalue weighted by Crippen LogP contribution is 2.43. The van der Waals surface area contributed by atoms with E-state index in [0.717, 1.165) is 4.34 Å². The van der Waals surface area contributed by atoms with E-state index < -0.39 is 0 Å². The van der Waals surface area contributed by atoms with Crippen LogP contribution in [-0.4, -0.2) is 0 Å². The molecule has 90 valence electrons. The molecule has 2 atom stereocenters. The summed E-state index contributed by atoms with van der Waals surface area (Å²) in [6.45, 7) is 0. The molecule has 1 aliphatic carbocycles. The first-order valence-electron chi connectivity index (χ1n) is 5.83. The Morgan fingerprint density at radius 2 is 2.24 bits per heavy atom. The highest BCUT2D eigenvalue weighted by Gasteiger charge is 2.28. The number of thiophene rings is 2. The zero-order valence-electron chi connectivity index (χ0n) is 9.36. The summed E-state index contributed by atoms with van der Waals surface area (Å²) in [4.78, 5) is 2.73. The van der Waals surface area contributed by atoms with E-state index in [-0.39, 0.29) is 6.04 Å². The van der Waals surface area contributed by atoms with Gasteiger partial charge in [-0.25, -0.2) is 0 Å². The smallest absolute Gasteiger partial charge is 0.0931 e. The fourth-order valence-electron chi connectivity index (χ4n) is 2.60. The van der Waals surface area contributed by atoms with Crippen molar-refractivity contribution in [3.05, 3.63) is 43.2 Å². The predicted octanol–water partition coefficient (Wildman–Crippen LogP) is 4.58. The lowest BCUT2D eigenvalue weighted by Gasteiger charge is -2.27. The van der Waals surface area contributed by atoms with E-state index in [9.17, 15) is 0 Å². The van der Waals surface area contributed by atoms with Gasteiger partial charge in [-0.05, 0) is 48.4 Å². The van der Waals surface area contributed by atoms with Gasteiger partial charge in [0.05, 0.1) is 4.34 Å². The normalized spacial score (nSPS) is 21.2. The molecular weight excluding hydrogens is 270 g/mol. The molecule has 0 fully saturated rings. The van der Waals surface area contributed by atoms with Crippen molar-refractivity contribution in [3.8, 4) is 0 Å². The van der Waals surface area contributed by atoms with Crippen LogP contribution in [0.25, 0.3) is 0 Å². The minimum Gasteiger partial charge on any atom is -0.323 e. The summed E-state index contributed by atoms with van der Waals surface area (Å²) in [5.41, 5.74) is 7.88. The maximum absolute atomic E-state index is 6.41. The predicted molar refractivity (Wildman–Crippen MR) is 76.3 cm³/mol. The molecule has 4 heteroatoms. The van der Waals surface area contributed by atoms with Crippen LogP contribution in [0.2, 0.25) is 4.34 Å². The Morgan fingerprint density at radius 1 is 1.35 bits per heavy atom. The van der Waals surface area contributed by atoms with Crippen molar-refractivity contribution in [1.82, 2.24) is 0 Å². The Balaban J connectivity index is 1.91. The van der Waals surface area contributed by atoms with Crippen LogP contribution >= 0.6 is 34.3 Å². The van der Waals surface area contributed by atoms with E-state index in [0.29, 0.717) is 5.92 Å². The van der Waals surface area contributed by atoms with Gasteiger partial charge in [0.15, 0.2) is 0 Å². The van der Waals surface area contributed by atoms with Crippen molar-refractivity contribution in [3.63, 3.8) is 0 Å². The van der Waals surface area contributed by atoms with E-state index in [1.165, 1.54) is 34.6 Å². The summed E-state index contributed by atoms with van der Waals surface area (Å²) in [6.07, 6.45) is 3.67. The summed E-state index contributed by atoms with van der Waals surface area (Å²) in [5.74, 6) is 0.472. The number of nitrogens with two attached hydrogens (primary N) is 1. The van der Waals surface area contributed by atoms with Gasteiger partial charge in [-0.3, -0.25) is 0 Å². The molecule has 2 heterocycles. The molecule has 17 heavy (non-hydrogen) atoms. The van der Waals surface area contributed by atoms with Crippen LogP contribution < -0.4 is 5.73 Å². The summed E-state index contributed by atoms with van der Waals surface area (Å²) < 4.78 is 0.830. The first kappa shape index (κ1) is 11.7. The fraction of sp³-hybridized carbons (Fsp3) is 0.385. The maximum Gasteiger partial charge on any atom is 0.0931 e. The van der Waals surface area contributed by atoms with E-state index in [1.807, 2.05) is 17.4 Å². The standard InChI is InChI=1S/C13H14ClNS2/c14-12-5-4-11(17-12)13(15)9-2-1-3-10-8(9)6-7-16-10/h4-7,9,13H,1-3,15H2.